The molecule has 8 heteroatoms. The number of fused-ring (bicyclic) bond motifs is 1. The summed E-state index contributed by atoms with van der Waals surface area (Å²) in [6.07, 6.45) is 2.17. The third-order valence-electron chi connectivity index (χ3n) is 5.45. The Labute approximate surface area is 188 Å². The Bertz CT molecular complexity index is 927. The first-order chi connectivity index (χ1) is 14.5. The number of rotatable bonds is 8. The molecule has 1 aliphatic heterocycles. The minimum Gasteiger partial charge on any atom is -0.379 e. The van der Waals surface area contributed by atoms with Crippen LogP contribution in [0.2, 0.25) is 5.02 Å². The monoisotopic (exact) mass is 450 g/mol. The number of pyridine rings is 1. The summed E-state index contributed by atoms with van der Waals surface area (Å²) in [5.74, 6) is 0. The Kier molecular flexibility index (Phi) is 8.50. The lowest BCUT2D eigenvalue weighted by Crippen LogP contribution is -2.46. The summed E-state index contributed by atoms with van der Waals surface area (Å²) in [4.78, 5) is 20.2. The van der Waals surface area contributed by atoms with Crippen molar-refractivity contribution in [3.8, 4) is 0 Å². The number of nitrogens with zero attached hydrogens (tertiary/aromatic N) is 2. The molecule has 0 atom stereocenters. The summed E-state index contributed by atoms with van der Waals surface area (Å²) in [5.41, 5.74) is 2.34. The molecule has 30 heavy (non-hydrogen) atoms. The van der Waals surface area contributed by atoms with Crippen LogP contribution in [0.4, 0.5) is 0 Å². The first-order valence-corrected chi connectivity index (χ1v) is 11.4. The number of thiocarbonyl (C=S) groups is 1. The van der Waals surface area contributed by atoms with Crippen LogP contribution in [0.25, 0.3) is 10.9 Å². The lowest BCUT2D eigenvalue weighted by Gasteiger charge is -2.31. The number of nitrogens with one attached hydrogen (secondary N) is 2. The van der Waals surface area contributed by atoms with Gasteiger partial charge in [0.05, 0.1) is 19.8 Å². The molecule has 2 N–H and O–H groups in total. The molecule has 1 aromatic heterocycles. The second kappa shape index (κ2) is 11.1. The van der Waals surface area contributed by atoms with Crippen molar-refractivity contribution in [2.75, 3.05) is 45.9 Å². The number of morpholine rings is 1. The van der Waals surface area contributed by atoms with Gasteiger partial charge in [0.2, 0.25) is 0 Å². The lowest BCUT2D eigenvalue weighted by atomic mass is 10.1. The van der Waals surface area contributed by atoms with Gasteiger partial charge in [0.15, 0.2) is 5.11 Å². The molecule has 0 bridgehead atoms. The van der Waals surface area contributed by atoms with Gasteiger partial charge in [-0.2, -0.15) is 0 Å². The van der Waals surface area contributed by atoms with Crippen molar-refractivity contribution in [1.29, 1.82) is 0 Å². The molecule has 0 saturated carbocycles. The molecule has 1 saturated heterocycles. The Balaban J connectivity index is 1.77. The predicted octanol–water partition coefficient (Wildman–Crippen LogP) is 3.30. The molecule has 1 aliphatic rings. The summed E-state index contributed by atoms with van der Waals surface area (Å²) in [6.45, 7) is 10.5. The maximum absolute atomic E-state index is 12.7. The summed E-state index contributed by atoms with van der Waals surface area (Å²) < 4.78 is 5.44. The number of aromatic nitrogens is 1. The topological polar surface area (TPSA) is 60.6 Å². The molecule has 3 rings (SSSR count). The van der Waals surface area contributed by atoms with Crippen molar-refractivity contribution in [1.82, 2.24) is 20.1 Å². The van der Waals surface area contributed by atoms with Crippen molar-refractivity contribution in [3.63, 3.8) is 0 Å². The number of hydrogen-bond donors (Lipinski definition) is 2. The number of aromatic amines is 1. The van der Waals surface area contributed by atoms with E-state index in [1.54, 1.807) is 0 Å². The Hall–Kier alpha value is -1.67. The average Bonchev–Trinajstić information content (AvgIpc) is 2.73. The zero-order chi connectivity index (χ0) is 21.5. The zero-order valence-corrected chi connectivity index (χ0v) is 19.4. The maximum atomic E-state index is 12.7. The second-order valence-corrected chi connectivity index (χ2v) is 8.57. The SMILES string of the molecule is CCCCNC(=S)N(CCN1CCOCC1)Cc1cc2cc(C)c(Cl)cc2[nH]c1=O. The van der Waals surface area contributed by atoms with Gasteiger partial charge >= 0.3 is 0 Å². The van der Waals surface area contributed by atoms with Crippen molar-refractivity contribution in [2.24, 2.45) is 0 Å². The molecule has 2 heterocycles. The number of hydrogen-bond acceptors (Lipinski definition) is 4. The average molecular weight is 451 g/mol. The number of aryl methyl sites for hydroxylation is 1. The zero-order valence-electron chi connectivity index (χ0n) is 17.8. The highest BCUT2D eigenvalue weighted by Crippen LogP contribution is 2.22. The van der Waals surface area contributed by atoms with Crippen LogP contribution in [-0.2, 0) is 11.3 Å². The molecular formula is C22H31ClN4O2S. The van der Waals surface area contributed by atoms with E-state index in [1.807, 2.05) is 25.1 Å². The van der Waals surface area contributed by atoms with Gasteiger partial charge in [-0.25, -0.2) is 0 Å². The van der Waals surface area contributed by atoms with Crippen LogP contribution in [-0.4, -0.2) is 65.8 Å². The quantitative estimate of drug-likeness (QED) is 0.475. The van der Waals surface area contributed by atoms with Gasteiger partial charge in [-0.1, -0.05) is 24.9 Å². The number of benzene rings is 1. The molecule has 164 valence electrons. The van der Waals surface area contributed by atoms with Crippen LogP contribution in [0, 0.1) is 6.92 Å². The van der Waals surface area contributed by atoms with E-state index in [-0.39, 0.29) is 5.56 Å². The van der Waals surface area contributed by atoms with Gasteiger partial charge in [0.1, 0.15) is 0 Å². The Morgan fingerprint density at radius 1 is 1.33 bits per heavy atom. The first kappa shape index (κ1) is 23.0. The molecule has 0 aliphatic carbocycles. The van der Waals surface area contributed by atoms with E-state index >= 15 is 0 Å². The summed E-state index contributed by atoms with van der Waals surface area (Å²) in [6, 6.07) is 5.77. The highest BCUT2D eigenvalue weighted by molar-refractivity contribution is 7.80. The number of unbranched alkanes of at least 4 members (excludes halogenated alkanes) is 1. The van der Waals surface area contributed by atoms with Gasteiger partial charge in [0, 0.05) is 48.8 Å². The van der Waals surface area contributed by atoms with Crippen molar-refractivity contribution >= 4 is 39.8 Å². The summed E-state index contributed by atoms with van der Waals surface area (Å²) in [7, 11) is 0. The largest absolute Gasteiger partial charge is 0.379 e. The van der Waals surface area contributed by atoms with Gasteiger partial charge in [-0.3, -0.25) is 9.69 Å². The van der Waals surface area contributed by atoms with E-state index in [0.717, 1.165) is 75.2 Å². The van der Waals surface area contributed by atoms with Crippen molar-refractivity contribution in [2.45, 2.75) is 33.2 Å². The van der Waals surface area contributed by atoms with Crippen LogP contribution >= 0.6 is 23.8 Å². The standard InChI is InChI=1S/C22H31ClN4O2S/c1-3-4-5-24-22(30)27(7-6-26-8-10-29-11-9-26)15-18-13-17-12-16(2)19(23)14-20(17)25-21(18)28/h12-14H,3-11,15H2,1-2H3,(H,24,30)(H,25,28). The number of ether oxygens (including phenoxy) is 1. The van der Waals surface area contributed by atoms with E-state index < -0.39 is 0 Å². The van der Waals surface area contributed by atoms with Gasteiger partial charge in [0.25, 0.3) is 5.56 Å². The van der Waals surface area contributed by atoms with Crippen molar-refractivity contribution < 1.29 is 4.74 Å². The van der Waals surface area contributed by atoms with E-state index in [4.69, 9.17) is 28.6 Å². The molecular weight excluding hydrogens is 420 g/mol. The van der Waals surface area contributed by atoms with Gasteiger partial charge in [-0.05, 0) is 54.7 Å². The minimum atomic E-state index is -0.102. The first-order valence-electron chi connectivity index (χ1n) is 10.6. The lowest BCUT2D eigenvalue weighted by molar-refractivity contribution is 0.0357. The normalized spacial score (nSPS) is 14.8. The van der Waals surface area contributed by atoms with E-state index in [9.17, 15) is 4.79 Å². The highest BCUT2D eigenvalue weighted by atomic mass is 35.5. The molecule has 2 aromatic rings. The predicted molar refractivity (Wildman–Crippen MR) is 127 cm³/mol. The smallest absolute Gasteiger partial charge is 0.253 e. The van der Waals surface area contributed by atoms with Crippen LogP contribution in [0.5, 0.6) is 0 Å². The molecule has 0 unspecified atom stereocenters. The van der Waals surface area contributed by atoms with Crippen LogP contribution in [0.1, 0.15) is 30.9 Å². The van der Waals surface area contributed by atoms with Crippen LogP contribution in [0.3, 0.4) is 0 Å². The molecule has 0 spiro atoms. The fourth-order valence-corrected chi connectivity index (χ4v) is 3.96. The second-order valence-electron chi connectivity index (χ2n) is 7.77. The van der Waals surface area contributed by atoms with Gasteiger partial charge < -0.3 is 19.9 Å². The summed E-state index contributed by atoms with van der Waals surface area (Å²) in [5, 5.41) is 5.68. The molecule has 1 fully saturated rings. The van der Waals surface area contributed by atoms with Gasteiger partial charge in [-0.15, -0.1) is 0 Å². The number of H-pyrrole nitrogens is 1. The third-order valence-corrected chi connectivity index (χ3v) is 6.25. The van der Waals surface area contributed by atoms with Crippen LogP contribution < -0.4 is 10.9 Å². The van der Waals surface area contributed by atoms with Crippen LogP contribution in [0.15, 0.2) is 23.0 Å². The summed E-state index contributed by atoms with van der Waals surface area (Å²) >= 11 is 11.9. The van der Waals surface area contributed by atoms with Crippen molar-refractivity contribution in [3.05, 3.63) is 44.7 Å². The molecule has 1 aromatic carbocycles. The third kappa shape index (κ3) is 6.17. The van der Waals surface area contributed by atoms with E-state index in [0.29, 0.717) is 22.2 Å². The fourth-order valence-electron chi connectivity index (χ4n) is 3.53. The van der Waals surface area contributed by atoms with E-state index in [1.165, 1.54) is 0 Å². The Morgan fingerprint density at radius 3 is 2.83 bits per heavy atom. The molecule has 6 nitrogen and oxygen atoms in total. The Morgan fingerprint density at radius 2 is 2.10 bits per heavy atom. The molecule has 0 amide bonds. The highest BCUT2D eigenvalue weighted by Gasteiger charge is 2.16. The van der Waals surface area contributed by atoms with E-state index in [2.05, 4.69) is 27.0 Å². The maximum Gasteiger partial charge on any atom is 0.253 e. The minimum absolute atomic E-state index is 0.102. The molecule has 0 radical (unpaired) electrons. The number of halogens is 1. The fraction of sp³-hybridized carbons (Fsp3) is 0.545.